The molecule has 0 spiro atoms. The first-order valence-corrected chi connectivity index (χ1v) is 5.25. The van der Waals surface area contributed by atoms with Gasteiger partial charge in [-0.2, -0.15) is 0 Å². The van der Waals surface area contributed by atoms with Gasteiger partial charge in [-0.25, -0.2) is 4.39 Å². The molecule has 0 aliphatic heterocycles. The van der Waals surface area contributed by atoms with Crippen LogP contribution in [0.15, 0.2) is 18.2 Å². The fourth-order valence-corrected chi connectivity index (χ4v) is 1.26. The van der Waals surface area contributed by atoms with E-state index in [1.807, 2.05) is 0 Å². The Hall–Kier alpha value is -1.47. The van der Waals surface area contributed by atoms with Crippen molar-refractivity contribution in [3.8, 4) is 11.8 Å². The molecule has 0 aliphatic rings. The van der Waals surface area contributed by atoms with Crippen LogP contribution in [0.1, 0.15) is 12.5 Å². The van der Waals surface area contributed by atoms with Gasteiger partial charge < -0.3 is 5.73 Å². The predicted molar refractivity (Wildman–Crippen MR) is 60.8 cm³/mol. The molecule has 2 N–H and O–H groups in total. The minimum absolute atomic E-state index is 0.0244. The molecule has 0 unspecified atom stereocenters. The number of hydrogen-bond donors (Lipinski definition) is 1. The van der Waals surface area contributed by atoms with Crippen molar-refractivity contribution in [3.63, 3.8) is 0 Å². The quantitative estimate of drug-likeness (QED) is 0.585. The zero-order chi connectivity index (χ0) is 11.3. The summed E-state index contributed by atoms with van der Waals surface area (Å²) in [4.78, 5) is 10.6. The first-order chi connectivity index (χ1) is 7.09. The maximum Gasteiger partial charge on any atom is 0.186 e. The summed E-state index contributed by atoms with van der Waals surface area (Å²) in [6, 6.07) is 4.05. The van der Waals surface area contributed by atoms with E-state index in [2.05, 4.69) is 11.8 Å². The first-order valence-electron chi connectivity index (χ1n) is 4.27. The molecule has 78 valence electrons. The van der Waals surface area contributed by atoms with Crippen LogP contribution in [-0.2, 0) is 4.79 Å². The highest BCUT2D eigenvalue weighted by molar-refractivity contribution is 8.13. The molecular formula is C11H10FNOS. The summed E-state index contributed by atoms with van der Waals surface area (Å²) in [5.74, 6) is 5.61. The molecule has 1 aromatic rings. The van der Waals surface area contributed by atoms with E-state index in [1.165, 1.54) is 25.1 Å². The highest BCUT2D eigenvalue weighted by Crippen LogP contribution is 2.11. The number of carbonyl (C=O) groups excluding carboxylic acids is 1. The Morgan fingerprint density at radius 1 is 1.60 bits per heavy atom. The molecular weight excluding hydrogens is 213 g/mol. The van der Waals surface area contributed by atoms with Gasteiger partial charge in [0.1, 0.15) is 5.82 Å². The van der Waals surface area contributed by atoms with E-state index in [0.717, 1.165) is 11.8 Å². The van der Waals surface area contributed by atoms with E-state index in [-0.39, 0.29) is 10.9 Å². The Kier molecular flexibility index (Phi) is 4.19. The average Bonchev–Trinajstić information content (AvgIpc) is 2.14. The zero-order valence-corrected chi connectivity index (χ0v) is 9.03. The Morgan fingerprint density at radius 2 is 2.33 bits per heavy atom. The fraction of sp³-hybridized carbons (Fsp3) is 0.182. The van der Waals surface area contributed by atoms with Gasteiger partial charge in [-0.15, -0.1) is 0 Å². The summed E-state index contributed by atoms with van der Waals surface area (Å²) in [7, 11) is 0. The summed E-state index contributed by atoms with van der Waals surface area (Å²) >= 11 is 1.13. The standard InChI is InChI=1S/C11H10FNOS/c1-8(14)15-6-2-3-9-4-5-10(12)7-11(9)13/h4-5,7H,6,13H2,1H3. The van der Waals surface area contributed by atoms with Gasteiger partial charge in [0.2, 0.25) is 0 Å². The van der Waals surface area contributed by atoms with Gasteiger partial charge in [0.05, 0.1) is 11.4 Å². The minimum atomic E-state index is -0.379. The fourth-order valence-electron chi connectivity index (χ4n) is 0.916. The highest BCUT2D eigenvalue weighted by atomic mass is 32.2. The summed E-state index contributed by atoms with van der Waals surface area (Å²) in [6.45, 7) is 1.48. The zero-order valence-electron chi connectivity index (χ0n) is 8.21. The first kappa shape index (κ1) is 11.6. The van der Waals surface area contributed by atoms with Gasteiger partial charge in [0.25, 0.3) is 0 Å². The predicted octanol–water partition coefficient (Wildman–Crippen LogP) is 2.04. The molecule has 0 aliphatic carbocycles. The number of anilines is 1. The summed E-state index contributed by atoms with van der Waals surface area (Å²) in [5.41, 5.74) is 6.45. The maximum atomic E-state index is 12.7. The topological polar surface area (TPSA) is 43.1 Å². The van der Waals surface area contributed by atoms with Crippen molar-refractivity contribution < 1.29 is 9.18 Å². The van der Waals surface area contributed by atoms with E-state index in [0.29, 0.717) is 17.0 Å². The van der Waals surface area contributed by atoms with Crippen molar-refractivity contribution in [1.29, 1.82) is 0 Å². The SMILES string of the molecule is CC(=O)SCC#Cc1ccc(F)cc1N. The van der Waals surface area contributed by atoms with Crippen molar-refractivity contribution >= 4 is 22.6 Å². The Bertz CT molecular complexity index is 434. The molecule has 0 heterocycles. The van der Waals surface area contributed by atoms with Crippen LogP contribution in [0.2, 0.25) is 0 Å². The van der Waals surface area contributed by atoms with Crippen LogP contribution in [0, 0.1) is 17.7 Å². The molecule has 1 rings (SSSR count). The molecule has 0 saturated carbocycles. The second-order valence-electron chi connectivity index (χ2n) is 2.81. The number of benzene rings is 1. The summed E-state index contributed by atoms with van der Waals surface area (Å²) < 4.78 is 12.7. The van der Waals surface area contributed by atoms with Crippen molar-refractivity contribution in [1.82, 2.24) is 0 Å². The van der Waals surface area contributed by atoms with Crippen LogP contribution in [0.5, 0.6) is 0 Å². The second kappa shape index (κ2) is 5.42. The van der Waals surface area contributed by atoms with Crippen molar-refractivity contribution in [2.45, 2.75) is 6.92 Å². The molecule has 0 amide bonds. The molecule has 1 aromatic carbocycles. The number of nitrogens with two attached hydrogens (primary N) is 1. The molecule has 15 heavy (non-hydrogen) atoms. The van der Waals surface area contributed by atoms with Gasteiger partial charge in [-0.1, -0.05) is 23.6 Å². The molecule has 0 fully saturated rings. The number of carbonyl (C=O) groups is 1. The number of halogens is 1. The molecule has 4 heteroatoms. The van der Waals surface area contributed by atoms with Gasteiger partial charge in [-0.3, -0.25) is 4.79 Å². The van der Waals surface area contributed by atoms with Crippen LogP contribution in [-0.4, -0.2) is 10.9 Å². The number of thioether (sulfide) groups is 1. The Balaban J connectivity index is 2.67. The van der Waals surface area contributed by atoms with E-state index in [1.54, 1.807) is 0 Å². The van der Waals surface area contributed by atoms with E-state index in [9.17, 15) is 9.18 Å². The van der Waals surface area contributed by atoms with Gasteiger partial charge in [0, 0.05) is 12.5 Å². The maximum absolute atomic E-state index is 12.7. The molecule has 0 radical (unpaired) electrons. The summed E-state index contributed by atoms with van der Waals surface area (Å²) in [6.07, 6.45) is 0. The van der Waals surface area contributed by atoms with Gasteiger partial charge in [-0.05, 0) is 18.2 Å². The summed E-state index contributed by atoms with van der Waals surface area (Å²) in [5, 5.41) is 0.0244. The van der Waals surface area contributed by atoms with Crippen LogP contribution in [0.4, 0.5) is 10.1 Å². The van der Waals surface area contributed by atoms with Crippen molar-refractivity contribution in [2.75, 3.05) is 11.5 Å². The third-order valence-corrected chi connectivity index (χ3v) is 2.28. The largest absolute Gasteiger partial charge is 0.398 e. The molecule has 0 atom stereocenters. The monoisotopic (exact) mass is 223 g/mol. The lowest BCUT2D eigenvalue weighted by molar-refractivity contribution is -0.109. The molecule has 2 nitrogen and oxygen atoms in total. The van der Waals surface area contributed by atoms with E-state index < -0.39 is 0 Å². The molecule has 0 saturated heterocycles. The van der Waals surface area contributed by atoms with Crippen molar-refractivity contribution in [3.05, 3.63) is 29.6 Å². The van der Waals surface area contributed by atoms with E-state index in [4.69, 9.17) is 5.73 Å². The van der Waals surface area contributed by atoms with Crippen LogP contribution < -0.4 is 5.73 Å². The molecule has 0 bridgehead atoms. The Labute approximate surface area is 92.0 Å². The average molecular weight is 223 g/mol. The van der Waals surface area contributed by atoms with E-state index >= 15 is 0 Å². The number of rotatable bonds is 1. The highest BCUT2D eigenvalue weighted by Gasteiger charge is 1.96. The lowest BCUT2D eigenvalue weighted by atomic mass is 10.2. The lowest BCUT2D eigenvalue weighted by Crippen LogP contribution is -1.91. The number of hydrogen-bond acceptors (Lipinski definition) is 3. The Morgan fingerprint density at radius 3 is 2.93 bits per heavy atom. The minimum Gasteiger partial charge on any atom is -0.398 e. The van der Waals surface area contributed by atoms with Gasteiger partial charge >= 0.3 is 0 Å². The normalized spacial score (nSPS) is 9.20. The van der Waals surface area contributed by atoms with Crippen LogP contribution >= 0.6 is 11.8 Å². The second-order valence-corrected chi connectivity index (χ2v) is 3.97. The van der Waals surface area contributed by atoms with Crippen molar-refractivity contribution in [2.24, 2.45) is 0 Å². The third-order valence-electron chi connectivity index (χ3n) is 1.58. The van der Waals surface area contributed by atoms with Crippen LogP contribution in [0.25, 0.3) is 0 Å². The smallest absolute Gasteiger partial charge is 0.186 e. The lowest BCUT2D eigenvalue weighted by Gasteiger charge is -1.96. The third kappa shape index (κ3) is 4.05. The van der Waals surface area contributed by atoms with Crippen LogP contribution in [0.3, 0.4) is 0 Å². The number of nitrogen functional groups attached to an aromatic ring is 1. The van der Waals surface area contributed by atoms with Gasteiger partial charge in [0.15, 0.2) is 5.12 Å². The molecule has 0 aromatic heterocycles.